The number of nitriles is 1. The van der Waals surface area contributed by atoms with E-state index < -0.39 is 0 Å². The molecule has 1 rings (SSSR count). The van der Waals surface area contributed by atoms with Gasteiger partial charge in [-0.05, 0) is 17.7 Å². The Hall–Kier alpha value is -1.75. The van der Waals surface area contributed by atoms with Gasteiger partial charge < -0.3 is 4.90 Å². The molecule has 0 unspecified atom stereocenters. The molecule has 0 atom stereocenters. The minimum atomic E-state index is 0.464. The van der Waals surface area contributed by atoms with E-state index in [1.54, 1.807) is 0 Å². The van der Waals surface area contributed by atoms with Crippen LogP contribution in [0.25, 0.3) is 6.08 Å². The van der Waals surface area contributed by atoms with Gasteiger partial charge in [-0.3, -0.25) is 0 Å². The van der Waals surface area contributed by atoms with E-state index in [2.05, 4.69) is 23.1 Å². The smallest absolute Gasteiger partial charge is 0.0663 e. The Kier molecular flexibility index (Phi) is 3.75. The molecule has 0 spiro atoms. The fraction of sp³-hybridized carbons (Fsp3) is 0.250. The molecule has 0 bridgehead atoms. The van der Waals surface area contributed by atoms with E-state index in [9.17, 15) is 0 Å². The molecule has 0 saturated heterocycles. The summed E-state index contributed by atoms with van der Waals surface area (Å²) >= 11 is 0. The topological polar surface area (TPSA) is 27.0 Å². The molecule has 14 heavy (non-hydrogen) atoms. The van der Waals surface area contributed by atoms with Crippen LogP contribution >= 0.6 is 0 Å². The highest BCUT2D eigenvalue weighted by Crippen LogP contribution is 2.14. The largest absolute Gasteiger partial charge is 0.378 e. The summed E-state index contributed by atoms with van der Waals surface area (Å²) in [5.74, 6) is 0. The van der Waals surface area contributed by atoms with Gasteiger partial charge in [-0.25, -0.2) is 0 Å². The first kappa shape index (κ1) is 10.3. The van der Waals surface area contributed by atoms with E-state index in [0.29, 0.717) is 6.42 Å². The Morgan fingerprint density at radius 2 is 2.21 bits per heavy atom. The molecular weight excluding hydrogens is 172 g/mol. The van der Waals surface area contributed by atoms with E-state index in [-0.39, 0.29) is 0 Å². The molecule has 1 aromatic rings. The fourth-order valence-corrected chi connectivity index (χ4v) is 1.15. The Morgan fingerprint density at radius 1 is 1.43 bits per heavy atom. The van der Waals surface area contributed by atoms with Gasteiger partial charge in [0.25, 0.3) is 0 Å². The van der Waals surface area contributed by atoms with Crippen LogP contribution in [0.4, 0.5) is 5.69 Å². The van der Waals surface area contributed by atoms with Gasteiger partial charge in [0.15, 0.2) is 0 Å². The molecule has 1 aromatic carbocycles. The van der Waals surface area contributed by atoms with Crippen LogP contribution in [0.3, 0.4) is 0 Å². The van der Waals surface area contributed by atoms with E-state index in [0.717, 1.165) is 5.56 Å². The fourth-order valence-electron chi connectivity index (χ4n) is 1.15. The van der Waals surface area contributed by atoms with Crippen LogP contribution in [-0.4, -0.2) is 14.1 Å². The molecule has 72 valence electrons. The van der Waals surface area contributed by atoms with Crippen molar-refractivity contribution in [1.29, 1.82) is 5.26 Å². The highest BCUT2D eigenvalue weighted by atomic mass is 15.1. The van der Waals surface area contributed by atoms with Crippen LogP contribution in [0.2, 0.25) is 0 Å². The number of benzene rings is 1. The lowest BCUT2D eigenvalue weighted by atomic mass is 10.1. The van der Waals surface area contributed by atoms with Crippen molar-refractivity contribution in [3.8, 4) is 6.07 Å². The highest BCUT2D eigenvalue weighted by molar-refractivity contribution is 5.57. The molecule has 0 heterocycles. The number of nitrogens with zero attached hydrogens (tertiary/aromatic N) is 2. The van der Waals surface area contributed by atoms with E-state index >= 15 is 0 Å². The first-order valence-electron chi connectivity index (χ1n) is 4.55. The van der Waals surface area contributed by atoms with Gasteiger partial charge in [-0.1, -0.05) is 24.3 Å². The normalized spacial score (nSPS) is 10.1. The van der Waals surface area contributed by atoms with Crippen LogP contribution in [0.5, 0.6) is 0 Å². The van der Waals surface area contributed by atoms with Gasteiger partial charge in [0.1, 0.15) is 0 Å². The highest BCUT2D eigenvalue weighted by Gasteiger charge is 1.93. The van der Waals surface area contributed by atoms with E-state index in [1.165, 1.54) is 5.69 Å². The molecule has 0 radical (unpaired) electrons. The van der Waals surface area contributed by atoms with Gasteiger partial charge in [0.05, 0.1) is 12.5 Å². The summed E-state index contributed by atoms with van der Waals surface area (Å²) < 4.78 is 0. The lowest BCUT2D eigenvalue weighted by Crippen LogP contribution is -2.08. The maximum Gasteiger partial charge on any atom is 0.0663 e. The van der Waals surface area contributed by atoms with Gasteiger partial charge in [-0.2, -0.15) is 5.26 Å². The molecular formula is C12H14N2. The first-order chi connectivity index (χ1) is 6.74. The van der Waals surface area contributed by atoms with Gasteiger partial charge >= 0.3 is 0 Å². The number of hydrogen-bond acceptors (Lipinski definition) is 2. The molecule has 0 aromatic heterocycles. The van der Waals surface area contributed by atoms with Crippen molar-refractivity contribution in [2.24, 2.45) is 0 Å². The predicted octanol–water partition coefficient (Wildman–Crippen LogP) is 2.68. The Labute approximate surface area is 85.1 Å². The zero-order valence-corrected chi connectivity index (χ0v) is 8.57. The van der Waals surface area contributed by atoms with Crippen LogP contribution < -0.4 is 4.90 Å². The van der Waals surface area contributed by atoms with Crippen LogP contribution in [-0.2, 0) is 0 Å². The van der Waals surface area contributed by atoms with Gasteiger partial charge in [0, 0.05) is 19.8 Å². The maximum atomic E-state index is 8.38. The molecule has 0 N–H and O–H groups in total. The van der Waals surface area contributed by atoms with Crippen LogP contribution in [0, 0.1) is 11.3 Å². The molecule has 2 nitrogen and oxygen atoms in total. The molecule has 0 amide bonds. The average molecular weight is 186 g/mol. The molecule has 2 heteroatoms. The van der Waals surface area contributed by atoms with Crippen molar-refractivity contribution in [1.82, 2.24) is 0 Å². The zero-order valence-electron chi connectivity index (χ0n) is 8.57. The van der Waals surface area contributed by atoms with Crippen molar-refractivity contribution >= 4 is 11.8 Å². The summed E-state index contributed by atoms with van der Waals surface area (Å²) in [5, 5.41) is 8.38. The van der Waals surface area contributed by atoms with Crippen molar-refractivity contribution in [2.75, 3.05) is 19.0 Å². The Bertz CT molecular complexity index is 359. The zero-order chi connectivity index (χ0) is 10.4. The third-order valence-corrected chi connectivity index (χ3v) is 1.91. The second-order valence-electron chi connectivity index (χ2n) is 3.25. The van der Waals surface area contributed by atoms with E-state index in [4.69, 9.17) is 5.26 Å². The third-order valence-electron chi connectivity index (χ3n) is 1.91. The quantitative estimate of drug-likeness (QED) is 0.725. The number of allylic oxidation sites excluding steroid dienone is 1. The van der Waals surface area contributed by atoms with Crippen LogP contribution in [0.15, 0.2) is 30.3 Å². The third kappa shape index (κ3) is 2.95. The van der Waals surface area contributed by atoms with Crippen molar-refractivity contribution in [3.05, 3.63) is 35.9 Å². The van der Waals surface area contributed by atoms with Crippen molar-refractivity contribution < 1.29 is 0 Å². The van der Waals surface area contributed by atoms with Crippen molar-refractivity contribution in [3.63, 3.8) is 0 Å². The maximum absolute atomic E-state index is 8.38. The molecule has 0 fully saturated rings. The summed E-state index contributed by atoms with van der Waals surface area (Å²) in [5.41, 5.74) is 2.30. The summed E-state index contributed by atoms with van der Waals surface area (Å²) in [7, 11) is 4.02. The minimum Gasteiger partial charge on any atom is -0.378 e. The van der Waals surface area contributed by atoms with Gasteiger partial charge in [-0.15, -0.1) is 0 Å². The standard InChI is InChI=1S/C12H14N2/c1-14(2)12-8-5-7-11(10-12)6-3-4-9-13/h3,5-8,10H,4H2,1-2H3. The molecule has 0 saturated carbocycles. The SMILES string of the molecule is CN(C)c1cccc(C=CCC#N)c1. The summed E-state index contributed by atoms with van der Waals surface area (Å²) in [6.07, 6.45) is 4.30. The number of hydrogen-bond donors (Lipinski definition) is 0. The monoisotopic (exact) mass is 186 g/mol. The lowest BCUT2D eigenvalue weighted by Gasteiger charge is -2.12. The van der Waals surface area contributed by atoms with E-state index in [1.807, 2.05) is 38.4 Å². The average Bonchev–Trinajstić information content (AvgIpc) is 2.19. The summed E-state index contributed by atoms with van der Waals surface area (Å²) in [4.78, 5) is 2.06. The van der Waals surface area contributed by atoms with Crippen LogP contribution in [0.1, 0.15) is 12.0 Å². The summed E-state index contributed by atoms with van der Waals surface area (Å²) in [6, 6.07) is 10.3. The van der Waals surface area contributed by atoms with Gasteiger partial charge in [0.2, 0.25) is 0 Å². The Balaban J connectivity index is 2.79. The second-order valence-corrected chi connectivity index (χ2v) is 3.25. The lowest BCUT2D eigenvalue weighted by molar-refractivity contribution is 1.13. The van der Waals surface area contributed by atoms with Crippen molar-refractivity contribution in [2.45, 2.75) is 6.42 Å². The number of rotatable bonds is 3. The first-order valence-corrected chi connectivity index (χ1v) is 4.55. The Morgan fingerprint density at radius 3 is 2.86 bits per heavy atom. The molecule has 0 aliphatic heterocycles. The summed E-state index contributed by atoms with van der Waals surface area (Å²) in [6.45, 7) is 0. The molecule has 0 aliphatic rings. The minimum absolute atomic E-state index is 0.464. The predicted molar refractivity (Wildman–Crippen MR) is 60.0 cm³/mol. The number of anilines is 1. The second kappa shape index (κ2) is 5.08. The molecule has 0 aliphatic carbocycles.